The van der Waals surface area contributed by atoms with Crippen LogP contribution in [-0.2, 0) is 6.54 Å². The van der Waals surface area contributed by atoms with Gasteiger partial charge in [-0.3, -0.25) is 9.69 Å². The number of carbonyl (C=O) groups excluding carboxylic acids is 1. The number of nitrogens with zero attached hydrogens (tertiary/aromatic N) is 3. The molecule has 166 valence electrons. The molecule has 0 aliphatic carbocycles. The van der Waals surface area contributed by atoms with Crippen LogP contribution in [0, 0.1) is 17.5 Å². The van der Waals surface area contributed by atoms with Crippen molar-refractivity contribution >= 4 is 17.4 Å². The molecular formula is C24H23F3N4O. The summed E-state index contributed by atoms with van der Waals surface area (Å²) in [6.07, 6.45) is 2.42. The van der Waals surface area contributed by atoms with E-state index in [4.69, 9.17) is 0 Å². The number of hydrogen-bond donors (Lipinski definition) is 1. The zero-order chi connectivity index (χ0) is 22.5. The lowest BCUT2D eigenvalue weighted by molar-refractivity contribution is 0.102. The van der Waals surface area contributed by atoms with E-state index in [1.807, 2.05) is 6.07 Å². The molecule has 1 aliphatic heterocycles. The molecule has 0 radical (unpaired) electrons. The maximum atomic E-state index is 14.0. The molecule has 2 aromatic carbocycles. The van der Waals surface area contributed by atoms with Gasteiger partial charge in [-0.1, -0.05) is 18.2 Å². The lowest BCUT2D eigenvalue weighted by atomic mass is 10.2. The molecule has 0 saturated carbocycles. The molecule has 0 atom stereocenters. The van der Waals surface area contributed by atoms with Gasteiger partial charge in [0.2, 0.25) is 0 Å². The Bertz CT molecular complexity index is 1090. The molecule has 32 heavy (non-hydrogen) atoms. The van der Waals surface area contributed by atoms with Crippen LogP contribution in [0.25, 0.3) is 0 Å². The highest BCUT2D eigenvalue weighted by Crippen LogP contribution is 2.19. The van der Waals surface area contributed by atoms with Crippen molar-refractivity contribution in [3.8, 4) is 0 Å². The number of benzene rings is 2. The van der Waals surface area contributed by atoms with Gasteiger partial charge in [0.25, 0.3) is 5.91 Å². The van der Waals surface area contributed by atoms with Crippen molar-refractivity contribution in [2.24, 2.45) is 0 Å². The zero-order valence-corrected chi connectivity index (χ0v) is 17.4. The molecule has 1 aliphatic rings. The Hall–Kier alpha value is -3.39. The summed E-state index contributed by atoms with van der Waals surface area (Å²) in [7, 11) is 0. The Labute approximate surface area is 184 Å². The summed E-state index contributed by atoms with van der Waals surface area (Å²) < 4.78 is 40.9. The smallest absolute Gasteiger partial charge is 0.258 e. The molecule has 5 nitrogen and oxygen atoms in total. The van der Waals surface area contributed by atoms with Crippen LogP contribution in [0.1, 0.15) is 22.3 Å². The lowest BCUT2D eigenvalue weighted by Gasteiger charge is -2.23. The molecule has 1 fully saturated rings. The zero-order valence-electron chi connectivity index (χ0n) is 17.4. The number of anilines is 2. The predicted molar refractivity (Wildman–Crippen MR) is 117 cm³/mol. The van der Waals surface area contributed by atoms with Gasteiger partial charge in [0.05, 0.1) is 17.4 Å². The fourth-order valence-corrected chi connectivity index (χ4v) is 3.74. The van der Waals surface area contributed by atoms with Crippen molar-refractivity contribution < 1.29 is 18.0 Å². The van der Waals surface area contributed by atoms with Gasteiger partial charge in [-0.2, -0.15) is 0 Å². The lowest BCUT2D eigenvalue weighted by Crippen LogP contribution is -2.31. The Morgan fingerprint density at radius 2 is 1.78 bits per heavy atom. The van der Waals surface area contributed by atoms with Crippen molar-refractivity contribution in [3.05, 3.63) is 89.4 Å². The Kier molecular flexibility index (Phi) is 6.70. The van der Waals surface area contributed by atoms with Gasteiger partial charge >= 0.3 is 0 Å². The quantitative estimate of drug-likeness (QED) is 0.636. The minimum absolute atomic E-state index is 0.0261. The third-order valence-electron chi connectivity index (χ3n) is 5.45. The average Bonchev–Trinajstić information content (AvgIpc) is 3.02. The van der Waals surface area contributed by atoms with Gasteiger partial charge in [0.15, 0.2) is 0 Å². The maximum absolute atomic E-state index is 14.0. The van der Waals surface area contributed by atoms with Crippen molar-refractivity contribution in [2.45, 2.75) is 13.0 Å². The largest absolute Gasteiger partial charge is 0.355 e. The van der Waals surface area contributed by atoms with Crippen LogP contribution in [0.3, 0.4) is 0 Å². The highest BCUT2D eigenvalue weighted by molar-refractivity contribution is 6.04. The van der Waals surface area contributed by atoms with Gasteiger partial charge in [0.1, 0.15) is 23.3 Å². The van der Waals surface area contributed by atoms with Crippen molar-refractivity contribution in [2.75, 3.05) is 36.4 Å². The first-order valence-corrected chi connectivity index (χ1v) is 10.4. The summed E-state index contributed by atoms with van der Waals surface area (Å²) in [5.41, 5.74) is 0.930. The molecule has 3 aromatic rings. The second-order valence-corrected chi connectivity index (χ2v) is 7.69. The Morgan fingerprint density at radius 1 is 0.938 bits per heavy atom. The molecule has 2 heterocycles. The second-order valence-electron chi connectivity index (χ2n) is 7.69. The van der Waals surface area contributed by atoms with Crippen LogP contribution < -0.4 is 10.2 Å². The second kappa shape index (κ2) is 9.82. The van der Waals surface area contributed by atoms with Crippen LogP contribution >= 0.6 is 0 Å². The van der Waals surface area contributed by atoms with E-state index in [2.05, 4.69) is 20.1 Å². The van der Waals surface area contributed by atoms with Gasteiger partial charge in [-0.05, 0) is 36.8 Å². The number of aromatic nitrogens is 1. The van der Waals surface area contributed by atoms with E-state index in [1.165, 1.54) is 30.3 Å². The number of hydrogen-bond acceptors (Lipinski definition) is 4. The fourth-order valence-electron chi connectivity index (χ4n) is 3.74. The number of carbonyl (C=O) groups is 1. The van der Waals surface area contributed by atoms with E-state index < -0.39 is 23.4 Å². The van der Waals surface area contributed by atoms with Gasteiger partial charge in [-0.25, -0.2) is 18.2 Å². The standard InChI is InChI=1S/C24H23F3N4O/c25-18-7-6-17(22(27)14-18)16-30-10-3-11-31(13-12-30)23-9-8-19(15-28-23)29-24(32)20-4-1-2-5-21(20)26/h1-2,4-9,14-15H,3,10-13,16H2,(H,29,32). The summed E-state index contributed by atoms with van der Waals surface area (Å²) in [5, 5.41) is 2.65. The number of amides is 1. The summed E-state index contributed by atoms with van der Waals surface area (Å²) in [4.78, 5) is 21.0. The Balaban J connectivity index is 1.35. The van der Waals surface area contributed by atoms with Crippen LogP contribution in [0.2, 0.25) is 0 Å². The van der Waals surface area contributed by atoms with Crippen LogP contribution in [0.5, 0.6) is 0 Å². The first-order chi connectivity index (χ1) is 15.5. The SMILES string of the molecule is O=C(Nc1ccc(N2CCCN(Cc3ccc(F)cc3F)CC2)nc1)c1ccccc1F. The van der Waals surface area contributed by atoms with E-state index in [0.29, 0.717) is 30.9 Å². The molecule has 8 heteroatoms. The van der Waals surface area contributed by atoms with Gasteiger partial charge < -0.3 is 10.2 Å². The van der Waals surface area contributed by atoms with Crippen LogP contribution in [0.4, 0.5) is 24.7 Å². The van der Waals surface area contributed by atoms with E-state index in [0.717, 1.165) is 31.4 Å². The van der Waals surface area contributed by atoms with Crippen LogP contribution in [-0.4, -0.2) is 42.0 Å². The average molecular weight is 440 g/mol. The first kappa shape index (κ1) is 21.8. The van der Waals surface area contributed by atoms with Gasteiger partial charge in [0, 0.05) is 44.4 Å². The van der Waals surface area contributed by atoms with Crippen LogP contribution in [0.15, 0.2) is 60.8 Å². The molecule has 4 rings (SSSR count). The highest BCUT2D eigenvalue weighted by atomic mass is 19.1. The number of rotatable bonds is 5. The molecule has 0 bridgehead atoms. The fraction of sp³-hybridized carbons (Fsp3) is 0.250. The topological polar surface area (TPSA) is 48.5 Å². The molecule has 1 aromatic heterocycles. The normalized spacial score (nSPS) is 14.8. The number of pyridine rings is 1. The van der Waals surface area contributed by atoms with E-state index in [1.54, 1.807) is 18.3 Å². The van der Waals surface area contributed by atoms with E-state index in [-0.39, 0.29) is 5.56 Å². The molecule has 1 saturated heterocycles. The minimum atomic E-state index is -0.579. The monoisotopic (exact) mass is 440 g/mol. The first-order valence-electron chi connectivity index (χ1n) is 10.4. The third-order valence-corrected chi connectivity index (χ3v) is 5.45. The van der Waals surface area contributed by atoms with E-state index in [9.17, 15) is 18.0 Å². The molecule has 1 N–H and O–H groups in total. The molecular weight excluding hydrogens is 417 g/mol. The van der Waals surface area contributed by atoms with Gasteiger partial charge in [-0.15, -0.1) is 0 Å². The molecule has 0 spiro atoms. The number of nitrogens with one attached hydrogen (secondary N) is 1. The molecule has 1 amide bonds. The van der Waals surface area contributed by atoms with Crippen molar-refractivity contribution in [1.82, 2.24) is 9.88 Å². The maximum Gasteiger partial charge on any atom is 0.258 e. The number of halogens is 3. The van der Waals surface area contributed by atoms with Crippen molar-refractivity contribution in [1.29, 1.82) is 0 Å². The van der Waals surface area contributed by atoms with Crippen molar-refractivity contribution in [3.63, 3.8) is 0 Å². The summed E-state index contributed by atoms with van der Waals surface area (Å²) in [6, 6.07) is 13.0. The highest BCUT2D eigenvalue weighted by Gasteiger charge is 2.18. The Morgan fingerprint density at radius 3 is 2.53 bits per heavy atom. The summed E-state index contributed by atoms with van der Waals surface area (Å²) in [6.45, 7) is 3.43. The third kappa shape index (κ3) is 5.26. The minimum Gasteiger partial charge on any atom is -0.355 e. The molecule has 0 unspecified atom stereocenters. The van der Waals surface area contributed by atoms with E-state index >= 15 is 0 Å². The predicted octanol–water partition coefficient (Wildman–Crippen LogP) is 4.46. The summed E-state index contributed by atoms with van der Waals surface area (Å²) >= 11 is 0. The summed E-state index contributed by atoms with van der Waals surface area (Å²) in [5.74, 6) is -1.45.